The Hall–Kier alpha value is -2.83. The van der Waals surface area contributed by atoms with Crippen LogP contribution in [0.25, 0.3) is 0 Å². The van der Waals surface area contributed by atoms with Crippen molar-refractivity contribution >= 4 is 23.3 Å². The largest absolute Gasteiger partial charge is 0.428 e. The minimum absolute atomic E-state index is 0.267. The summed E-state index contributed by atoms with van der Waals surface area (Å²) >= 11 is 0. The Balaban J connectivity index is 1.19. The average molecular weight is 465 g/mol. The molecule has 1 saturated carbocycles. The molecule has 6 nitrogen and oxygen atoms in total. The van der Waals surface area contributed by atoms with E-state index in [0.717, 1.165) is 56.8 Å². The summed E-state index contributed by atoms with van der Waals surface area (Å²) in [5.41, 5.74) is 4.28. The maximum atomic E-state index is 15.2. The summed E-state index contributed by atoms with van der Waals surface area (Å²) in [6, 6.07) is 4.18. The lowest BCUT2D eigenvalue weighted by Crippen LogP contribution is -2.56. The Bertz CT molecular complexity index is 1170. The number of anilines is 3. The van der Waals surface area contributed by atoms with E-state index >= 15 is 4.39 Å². The fourth-order valence-corrected chi connectivity index (χ4v) is 6.09. The second-order valence-electron chi connectivity index (χ2n) is 10.5. The average Bonchev–Trinajstić information content (AvgIpc) is 3.17. The van der Waals surface area contributed by atoms with Crippen LogP contribution in [0.2, 0.25) is 0 Å². The van der Waals surface area contributed by atoms with E-state index in [-0.39, 0.29) is 11.7 Å². The van der Waals surface area contributed by atoms with Gasteiger partial charge in [-0.05, 0) is 55.7 Å². The van der Waals surface area contributed by atoms with Crippen LogP contribution in [0.3, 0.4) is 0 Å². The maximum Gasteiger partial charge on any atom is 0.298 e. The summed E-state index contributed by atoms with van der Waals surface area (Å²) < 4.78 is 21.2. The lowest BCUT2D eigenvalue weighted by atomic mass is 9.75. The summed E-state index contributed by atoms with van der Waals surface area (Å²) in [4.78, 5) is 22.0. The summed E-state index contributed by atoms with van der Waals surface area (Å²) in [6.07, 6.45) is 8.26. The zero-order valence-electron chi connectivity index (χ0n) is 20.3. The van der Waals surface area contributed by atoms with Crippen molar-refractivity contribution in [2.75, 3.05) is 34.8 Å². The summed E-state index contributed by atoms with van der Waals surface area (Å²) in [5, 5.41) is 2.88. The molecule has 2 atom stereocenters. The predicted octanol–water partition coefficient (Wildman–Crippen LogP) is 5.34. The van der Waals surface area contributed by atoms with Gasteiger partial charge < -0.3 is 19.5 Å². The van der Waals surface area contributed by atoms with Crippen molar-refractivity contribution in [2.24, 2.45) is 11.3 Å². The molecule has 1 aromatic carbocycles. The van der Waals surface area contributed by atoms with Crippen LogP contribution in [0, 0.1) is 17.2 Å². The Morgan fingerprint density at radius 3 is 2.74 bits per heavy atom. The first-order valence-electron chi connectivity index (χ1n) is 12.8. The van der Waals surface area contributed by atoms with E-state index in [1.165, 1.54) is 18.1 Å². The molecule has 1 amide bonds. The van der Waals surface area contributed by atoms with E-state index in [0.29, 0.717) is 46.7 Å². The van der Waals surface area contributed by atoms with Crippen molar-refractivity contribution in [3.63, 3.8) is 0 Å². The van der Waals surface area contributed by atoms with Gasteiger partial charge in [-0.15, -0.1) is 0 Å². The number of aryl methyl sites for hydroxylation is 1. The van der Waals surface area contributed by atoms with Crippen molar-refractivity contribution in [3.05, 3.63) is 46.6 Å². The Labute approximate surface area is 200 Å². The van der Waals surface area contributed by atoms with Gasteiger partial charge in [0, 0.05) is 43.2 Å². The molecule has 0 bridgehead atoms. The van der Waals surface area contributed by atoms with Crippen LogP contribution in [-0.4, -0.2) is 36.6 Å². The number of rotatable bonds is 7. The van der Waals surface area contributed by atoms with Gasteiger partial charge in [-0.25, -0.2) is 4.39 Å². The number of halogens is 1. The zero-order chi connectivity index (χ0) is 23.6. The number of nitrogens with zero attached hydrogens (tertiary/aromatic N) is 3. The molecule has 2 aliphatic carbocycles. The molecule has 7 heteroatoms. The molecule has 180 valence electrons. The van der Waals surface area contributed by atoms with Gasteiger partial charge in [0.1, 0.15) is 11.6 Å². The van der Waals surface area contributed by atoms with E-state index in [9.17, 15) is 4.79 Å². The molecular weight excluding hydrogens is 431 g/mol. The molecule has 2 unspecified atom stereocenters. The third-order valence-corrected chi connectivity index (χ3v) is 8.53. The first kappa shape index (κ1) is 21.7. The Kier molecular flexibility index (Phi) is 5.01. The number of aromatic nitrogens is 1. The number of oxazole rings is 1. The van der Waals surface area contributed by atoms with E-state index in [1.807, 2.05) is 13.0 Å². The van der Waals surface area contributed by atoms with Gasteiger partial charge >= 0.3 is 0 Å². The summed E-state index contributed by atoms with van der Waals surface area (Å²) in [7, 11) is 0. The highest BCUT2D eigenvalue weighted by Crippen LogP contribution is 2.50. The fraction of sp³-hybridized carbons (Fsp3) is 0.556. The summed E-state index contributed by atoms with van der Waals surface area (Å²) in [6.45, 7) is 9.01. The van der Waals surface area contributed by atoms with Crippen LogP contribution in [0.15, 0.2) is 28.2 Å². The summed E-state index contributed by atoms with van der Waals surface area (Å²) in [5.74, 6) is 0.683. The molecule has 34 heavy (non-hydrogen) atoms. The SMILES string of the molecule is CCc1oc(N2CC(CC)(CC)C2)nc1C(=O)Nc1cc(F)c2c(c1)CCN2C1C=C2CC2C1. The van der Waals surface area contributed by atoms with Crippen molar-refractivity contribution in [1.82, 2.24) is 4.98 Å². The normalized spacial score (nSPS) is 23.9. The molecule has 2 aliphatic heterocycles. The Morgan fingerprint density at radius 2 is 2.06 bits per heavy atom. The van der Waals surface area contributed by atoms with E-state index in [4.69, 9.17) is 4.42 Å². The van der Waals surface area contributed by atoms with E-state index < -0.39 is 0 Å². The fourth-order valence-electron chi connectivity index (χ4n) is 6.09. The molecule has 1 saturated heterocycles. The number of hydrogen-bond donors (Lipinski definition) is 1. The number of benzene rings is 1. The lowest BCUT2D eigenvalue weighted by Gasteiger charge is -2.48. The minimum Gasteiger partial charge on any atom is -0.428 e. The topological polar surface area (TPSA) is 61.6 Å². The van der Waals surface area contributed by atoms with Gasteiger partial charge in [0.2, 0.25) is 0 Å². The second-order valence-corrected chi connectivity index (χ2v) is 10.5. The lowest BCUT2D eigenvalue weighted by molar-refractivity contribution is 0.102. The smallest absolute Gasteiger partial charge is 0.298 e. The Morgan fingerprint density at radius 1 is 1.26 bits per heavy atom. The number of fused-ring (bicyclic) bond motifs is 2. The molecule has 2 aromatic rings. The van der Waals surface area contributed by atoms with Gasteiger partial charge in [-0.1, -0.05) is 32.4 Å². The highest BCUT2D eigenvalue weighted by molar-refractivity contribution is 6.04. The number of nitrogens with one attached hydrogen (secondary N) is 1. The van der Waals surface area contributed by atoms with Gasteiger partial charge in [0.05, 0.1) is 5.69 Å². The van der Waals surface area contributed by atoms with Crippen LogP contribution in [0.1, 0.15) is 68.3 Å². The first-order chi connectivity index (χ1) is 16.4. The third-order valence-electron chi connectivity index (χ3n) is 8.53. The molecule has 2 fully saturated rings. The van der Waals surface area contributed by atoms with Crippen LogP contribution in [-0.2, 0) is 12.8 Å². The van der Waals surface area contributed by atoms with Crippen LogP contribution in [0.5, 0.6) is 0 Å². The standard InChI is InChI=1S/C27H33FN4O2/c1-4-22-23(30-26(34-22)31-14-27(5-2,6-3)15-31)25(33)29-19-10-16-7-8-32(24(16)21(28)13-19)20-11-17-9-18(17)12-20/h10-11,13,18,20H,4-9,12,14-15H2,1-3H3,(H,29,33). The van der Waals surface area contributed by atoms with Crippen molar-refractivity contribution in [1.29, 1.82) is 0 Å². The highest BCUT2D eigenvalue weighted by atomic mass is 19.1. The van der Waals surface area contributed by atoms with Gasteiger partial charge in [0.15, 0.2) is 5.69 Å². The molecule has 0 radical (unpaired) electrons. The molecule has 1 aromatic heterocycles. The van der Waals surface area contributed by atoms with Crippen molar-refractivity contribution in [2.45, 2.75) is 65.3 Å². The van der Waals surface area contributed by atoms with E-state index in [1.54, 1.807) is 0 Å². The highest BCUT2D eigenvalue weighted by Gasteiger charge is 2.43. The number of allylic oxidation sites excluding steroid dienone is 1. The molecular formula is C27H33FN4O2. The van der Waals surface area contributed by atoms with Crippen molar-refractivity contribution in [3.8, 4) is 0 Å². The molecule has 3 heterocycles. The second kappa shape index (κ2) is 7.85. The third kappa shape index (κ3) is 3.43. The number of carbonyl (C=O) groups is 1. The molecule has 1 N–H and O–H groups in total. The zero-order valence-corrected chi connectivity index (χ0v) is 20.3. The number of carbonyl (C=O) groups excluding carboxylic acids is 1. The van der Waals surface area contributed by atoms with Crippen LogP contribution >= 0.6 is 0 Å². The van der Waals surface area contributed by atoms with Gasteiger partial charge in [0.25, 0.3) is 11.9 Å². The number of amides is 1. The molecule has 4 aliphatic rings. The number of hydrogen-bond acceptors (Lipinski definition) is 5. The van der Waals surface area contributed by atoms with Gasteiger partial charge in [-0.2, -0.15) is 4.98 Å². The maximum absolute atomic E-state index is 15.2. The molecule has 6 rings (SSSR count). The van der Waals surface area contributed by atoms with Crippen molar-refractivity contribution < 1.29 is 13.6 Å². The van der Waals surface area contributed by atoms with Gasteiger partial charge in [-0.3, -0.25) is 4.79 Å². The quantitative estimate of drug-likeness (QED) is 0.561. The van der Waals surface area contributed by atoms with Crippen LogP contribution < -0.4 is 15.1 Å². The monoisotopic (exact) mass is 464 g/mol. The van der Waals surface area contributed by atoms with E-state index in [2.05, 4.69) is 40.0 Å². The minimum atomic E-state index is -0.348. The van der Waals surface area contributed by atoms with Crippen LogP contribution in [0.4, 0.5) is 21.8 Å². The predicted molar refractivity (Wildman–Crippen MR) is 131 cm³/mol. The first-order valence-corrected chi connectivity index (χ1v) is 12.8. The molecule has 0 spiro atoms.